The van der Waals surface area contributed by atoms with Crippen LogP contribution in [0.5, 0.6) is 5.75 Å². The molecule has 0 spiro atoms. The minimum Gasteiger partial charge on any atom is -0.497 e. The molecule has 3 aromatic carbocycles. The van der Waals surface area contributed by atoms with Crippen LogP contribution >= 0.6 is 0 Å². The molecule has 4 aromatic rings. The number of fused-ring (bicyclic) bond motifs is 2. The van der Waals surface area contributed by atoms with Crippen LogP contribution in [0, 0.1) is 0 Å². The van der Waals surface area contributed by atoms with Crippen molar-refractivity contribution in [3.05, 3.63) is 72.4 Å². The maximum atomic E-state index is 5.28. The van der Waals surface area contributed by atoms with Gasteiger partial charge in [-0.1, -0.05) is 42.5 Å². The third-order valence-corrected chi connectivity index (χ3v) is 4.37. The van der Waals surface area contributed by atoms with E-state index in [4.69, 9.17) is 4.74 Å². The summed E-state index contributed by atoms with van der Waals surface area (Å²) in [6, 6.07) is 20.2. The van der Waals surface area contributed by atoms with Gasteiger partial charge in [0.25, 0.3) is 0 Å². The van der Waals surface area contributed by atoms with Crippen molar-refractivity contribution in [3.63, 3.8) is 0 Å². The van der Waals surface area contributed by atoms with Gasteiger partial charge in [0.1, 0.15) is 5.75 Å². The van der Waals surface area contributed by atoms with E-state index in [-0.39, 0.29) is 0 Å². The fourth-order valence-corrected chi connectivity index (χ4v) is 2.89. The van der Waals surface area contributed by atoms with Gasteiger partial charge < -0.3 is 4.74 Å². The lowest BCUT2D eigenvalue weighted by Crippen LogP contribution is -2.02. The Morgan fingerprint density at radius 3 is 2.65 bits per heavy atom. The third kappa shape index (κ3) is 3.07. The quantitative estimate of drug-likeness (QED) is 0.434. The van der Waals surface area contributed by atoms with E-state index in [1.54, 1.807) is 13.3 Å². The highest BCUT2D eigenvalue weighted by atomic mass is 16.5. The molecule has 4 rings (SSSR count). The monoisotopic (exact) mass is 342 g/mol. The molecule has 1 aromatic heterocycles. The topological polar surface area (TPSA) is 59.4 Å². The number of nitrogens with zero attached hydrogens (tertiary/aromatic N) is 3. The Kier molecular flexibility index (Phi) is 4.19. The van der Waals surface area contributed by atoms with Crippen LogP contribution in [0.1, 0.15) is 12.5 Å². The summed E-state index contributed by atoms with van der Waals surface area (Å²) in [5.41, 5.74) is 4.96. The minimum atomic E-state index is 0.646. The second-order valence-corrected chi connectivity index (χ2v) is 6.02. The highest BCUT2D eigenvalue weighted by Gasteiger charge is 2.04. The fourth-order valence-electron chi connectivity index (χ4n) is 2.89. The SMILES string of the molecule is COc1ccc2cc(/C(C)=N/Nc3nncc4ccccc34)ccc2c1. The molecule has 0 atom stereocenters. The number of rotatable bonds is 4. The average Bonchev–Trinajstić information content (AvgIpc) is 2.71. The van der Waals surface area contributed by atoms with Crippen molar-refractivity contribution in [1.29, 1.82) is 0 Å². The molecule has 128 valence electrons. The number of benzene rings is 3. The number of hydrogen-bond donors (Lipinski definition) is 1. The van der Waals surface area contributed by atoms with E-state index < -0.39 is 0 Å². The third-order valence-electron chi connectivity index (χ3n) is 4.37. The summed E-state index contributed by atoms with van der Waals surface area (Å²) >= 11 is 0. The molecule has 0 amide bonds. The first-order chi connectivity index (χ1) is 12.7. The summed E-state index contributed by atoms with van der Waals surface area (Å²) in [7, 11) is 1.67. The summed E-state index contributed by atoms with van der Waals surface area (Å²) in [4.78, 5) is 0. The Labute approximate surface area is 151 Å². The van der Waals surface area contributed by atoms with Crippen molar-refractivity contribution in [2.75, 3.05) is 12.5 Å². The molecule has 0 aliphatic rings. The van der Waals surface area contributed by atoms with Gasteiger partial charge >= 0.3 is 0 Å². The molecule has 0 aliphatic heterocycles. The van der Waals surface area contributed by atoms with Crippen LogP contribution in [-0.4, -0.2) is 23.0 Å². The molecule has 0 saturated carbocycles. The van der Waals surface area contributed by atoms with E-state index in [2.05, 4.69) is 45.0 Å². The predicted octanol–water partition coefficient (Wildman–Crippen LogP) is 4.63. The van der Waals surface area contributed by atoms with Crippen molar-refractivity contribution in [2.24, 2.45) is 5.10 Å². The Morgan fingerprint density at radius 2 is 1.77 bits per heavy atom. The number of methoxy groups -OCH3 is 1. The van der Waals surface area contributed by atoms with Crippen LogP contribution in [0.25, 0.3) is 21.5 Å². The maximum absolute atomic E-state index is 5.28. The molecule has 0 aliphatic carbocycles. The van der Waals surface area contributed by atoms with E-state index in [0.717, 1.165) is 38.6 Å². The van der Waals surface area contributed by atoms with E-state index in [0.29, 0.717) is 5.82 Å². The molecular formula is C21H18N4O. The highest BCUT2D eigenvalue weighted by Crippen LogP contribution is 2.23. The van der Waals surface area contributed by atoms with Crippen molar-refractivity contribution < 1.29 is 4.74 Å². The van der Waals surface area contributed by atoms with Crippen LogP contribution in [-0.2, 0) is 0 Å². The molecular weight excluding hydrogens is 324 g/mol. The van der Waals surface area contributed by atoms with Crippen LogP contribution in [0.2, 0.25) is 0 Å². The molecule has 5 nitrogen and oxygen atoms in total. The van der Waals surface area contributed by atoms with E-state index in [9.17, 15) is 0 Å². The summed E-state index contributed by atoms with van der Waals surface area (Å²) < 4.78 is 5.28. The lowest BCUT2D eigenvalue weighted by Gasteiger charge is -2.07. The average molecular weight is 342 g/mol. The standard InChI is InChI=1S/C21H18N4O/c1-14(15-7-8-17-12-19(26-2)10-9-16(17)11-15)23-25-21-20-6-4-3-5-18(20)13-22-24-21/h3-13H,1-2H3,(H,24,25)/b23-14+. The van der Waals surface area contributed by atoms with Gasteiger partial charge in [-0.25, -0.2) is 0 Å². The van der Waals surface area contributed by atoms with Crippen LogP contribution < -0.4 is 10.2 Å². The number of hydrazone groups is 1. The van der Waals surface area contributed by atoms with E-state index in [1.807, 2.05) is 43.3 Å². The van der Waals surface area contributed by atoms with Gasteiger partial charge in [0, 0.05) is 10.8 Å². The van der Waals surface area contributed by atoms with Crippen LogP contribution in [0.15, 0.2) is 72.0 Å². The predicted molar refractivity (Wildman–Crippen MR) is 106 cm³/mol. The lowest BCUT2D eigenvalue weighted by molar-refractivity contribution is 0.415. The minimum absolute atomic E-state index is 0.646. The normalized spacial score (nSPS) is 11.7. The second-order valence-electron chi connectivity index (χ2n) is 6.02. The number of anilines is 1. The van der Waals surface area contributed by atoms with Gasteiger partial charge in [0.2, 0.25) is 0 Å². The van der Waals surface area contributed by atoms with Crippen molar-refractivity contribution >= 4 is 33.1 Å². The Balaban J connectivity index is 1.64. The molecule has 0 bridgehead atoms. The zero-order valence-corrected chi connectivity index (χ0v) is 14.6. The second kappa shape index (κ2) is 6.80. The lowest BCUT2D eigenvalue weighted by atomic mass is 10.0. The van der Waals surface area contributed by atoms with Crippen LogP contribution in [0.3, 0.4) is 0 Å². The molecule has 26 heavy (non-hydrogen) atoms. The molecule has 1 heterocycles. The van der Waals surface area contributed by atoms with Gasteiger partial charge in [0.05, 0.1) is 19.0 Å². The zero-order valence-electron chi connectivity index (χ0n) is 14.6. The summed E-state index contributed by atoms with van der Waals surface area (Å²) in [5.74, 6) is 1.50. The van der Waals surface area contributed by atoms with Crippen molar-refractivity contribution in [3.8, 4) is 5.75 Å². The number of hydrogen-bond acceptors (Lipinski definition) is 5. The summed E-state index contributed by atoms with van der Waals surface area (Å²) in [5, 5.41) is 17.0. The first-order valence-electron chi connectivity index (χ1n) is 8.33. The molecule has 0 radical (unpaired) electrons. The smallest absolute Gasteiger partial charge is 0.176 e. The maximum Gasteiger partial charge on any atom is 0.176 e. The van der Waals surface area contributed by atoms with Gasteiger partial charge in [-0.3, -0.25) is 5.43 Å². The highest BCUT2D eigenvalue weighted by molar-refractivity contribution is 6.02. The van der Waals surface area contributed by atoms with E-state index >= 15 is 0 Å². The number of nitrogens with one attached hydrogen (secondary N) is 1. The van der Waals surface area contributed by atoms with Crippen molar-refractivity contribution in [2.45, 2.75) is 6.92 Å². The summed E-state index contributed by atoms with van der Waals surface area (Å²) in [6.45, 7) is 1.97. The molecule has 0 saturated heterocycles. The number of aromatic nitrogens is 2. The van der Waals surface area contributed by atoms with Crippen molar-refractivity contribution in [1.82, 2.24) is 10.2 Å². The Morgan fingerprint density at radius 1 is 0.962 bits per heavy atom. The molecule has 0 unspecified atom stereocenters. The Hall–Kier alpha value is -3.47. The first-order valence-corrected chi connectivity index (χ1v) is 8.33. The van der Waals surface area contributed by atoms with E-state index in [1.165, 1.54) is 0 Å². The zero-order chi connectivity index (χ0) is 17.9. The van der Waals surface area contributed by atoms with Gasteiger partial charge in [-0.2, -0.15) is 10.2 Å². The van der Waals surface area contributed by atoms with Gasteiger partial charge in [0.15, 0.2) is 5.82 Å². The molecule has 5 heteroatoms. The molecule has 0 fully saturated rings. The summed E-state index contributed by atoms with van der Waals surface area (Å²) in [6.07, 6.45) is 1.74. The van der Waals surface area contributed by atoms with Gasteiger partial charge in [-0.05, 0) is 41.5 Å². The molecule has 1 N–H and O–H groups in total. The fraction of sp³-hybridized carbons (Fsp3) is 0.0952. The Bertz CT molecular complexity index is 1120. The van der Waals surface area contributed by atoms with Crippen LogP contribution in [0.4, 0.5) is 5.82 Å². The number of ether oxygens (including phenoxy) is 1. The largest absolute Gasteiger partial charge is 0.497 e. The van der Waals surface area contributed by atoms with Gasteiger partial charge in [-0.15, -0.1) is 5.10 Å². The first kappa shape index (κ1) is 16.0.